The number of halogens is 1. The molecule has 0 amide bonds. The van der Waals surface area contributed by atoms with Gasteiger partial charge in [-0.15, -0.1) is 0 Å². The van der Waals surface area contributed by atoms with Gasteiger partial charge in [0.05, 0.1) is 9.79 Å². The van der Waals surface area contributed by atoms with Crippen LogP contribution in [0.5, 0.6) is 0 Å². The maximum Gasteiger partial charge on any atom is 0.261 e. The lowest BCUT2D eigenvalue weighted by atomic mass is 10.2. The van der Waals surface area contributed by atoms with Crippen molar-refractivity contribution >= 4 is 29.6 Å². The Balaban J connectivity index is 3.72. The van der Waals surface area contributed by atoms with Crippen LogP contribution in [0.2, 0.25) is 0 Å². The SMILES string of the molecule is Cc1cc(C)c(S(=O)(=O)Cl)cc1S(C)(=O)=O. The van der Waals surface area contributed by atoms with Gasteiger partial charge in [-0.3, -0.25) is 0 Å². The summed E-state index contributed by atoms with van der Waals surface area (Å²) in [7, 11) is -2.17. The molecule has 90 valence electrons. The third-order valence-electron chi connectivity index (χ3n) is 2.13. The van der Waals surface area contributed by atoms with E-state index in [9.17, 15) is 16.8 Å². The Morgan fingerprint density at radius 1 is 0.938 bits per heavy atom. The van der Waals surface area contributed by atoms with Crippen LogP contribution in [-0.2, 0) is 18.9 Å². The lowest BCUT2D eigenvalue weighted by Gasteiger charge is -2.08. The van der Waals surface area contributed by atoms with Gasteiger partial charge in [-0.25, -0.2) is 16.8 Å². The average molecular weight is 283 g/mol. The molecule has 0 aliphatic rings. The Morgan fingerprint density at radius 2 is 1.38 bits per heavy atom. The highest BCUT2D eigenvalue weighted by Crippen LogP contribution is 2.26. The van der Waals surface area contributed by atoms with Crippen molar-refractivity contribution in [3.63, 3.8) is 0 Å². The summed E-state index contributed by atoms with van der Waals surface area (Å²) in [6, 6.07) is 2.59. The molecule has 0 fully saturated rings. The molecule has 16 heavy (non-hydrogen) atoms. The summed E-state index contributed by atoms with van der Waals surface area (Å²) in [5.74, 6) is 0. The first-order valence-corrected chi connectivity index (χ1v) is 8.49. The molecular weight excluding hydrogens is 272 g/mol. The molecule has 0 aromatic heterocycles. The first kappa shape index (κ1) is 13.5. The molecule has 7 heteroatoms. The Hall–Kier alpha value is -0.590. The molecule has 0 heterocycles. The molecule has 1 rings (SSSR count). The first-order chi connectivity index (χ1) is 7.03. The fraction of sp³-hybridized carbons (Fsp3) is 0.333. The van der Waals surface area contributed by atoms with E-state index < -0.39 is 18.9 Å². The first-order valence-electron chi connectivity index (χ1n) is 4.29. The molecule has 0 saturated carbocycles. The van der Waals surface area contributed by atoms with Crippen LogP contribution < -0.4 is 0 Å². The van der Waals surface area contributed by atoms with Crippen LogP contribution >= 0.6 is 10.7 Å². The van der Waals surface area contributed by atoms with E-state index in [1.54, 1.807) is 13.8 Å². The van der Waals surface area contributed by atoms with E-state index in [1.165, 1.54) is 6.07 Å². The molecule has 0 N–H and O–H groups in total. The van der Waals surface area contributed by atoms with Gasteiger partial charge in [0.1, 0.15) is 0 Å². The topological polar surface area (TPSA) is 68.3 Å². The maximum atomic E-state index is 11.4. The lowest BCUT2D eigenvalue weighted by molar-refractivity contribution is 0.600. The summed E-state index contributed by atoms with van der Waals surface area (Å²) in [4.78, 5) is -0.183. The fourth-order valence-electron chi connectivity index (χ4n) is 1.48. The Bertz CT molecular complexity index is 576. The number of rotatable bonds is 2. The van der Waals surface area contributed by atoms with Crippen molar-refractivity contribution in [2.24, 2.45) is 0 Å². The summed E-state index contributed by atoms with van der Waals surface area (Å²) >= 11 is 0. The molecule has 0 spiro atoms. The van der Waals surface area contributed by atoms with E-state index in [0.717, 1.165) is 12.3 Å². The molecule has 1 aromatic rings. The van der Waals surface area contributed by atoms with Gasteiger partial charge in [-0.2, -0.15) is 0 Å². The van der Waals surface area contributed by atoms with E-state index in [1.807, 2.05) is 0 Å². The predicted molar refractivity (Wildman–Crippen MR) is 62.1 cm³/mol. The van der Waals surface area contributed by atoms with Crippen molar-refractivity contribution < 1.29 is 16.8 Å². The van der Waals surface area contributed by atoms with Crippen LogP contribution in [0.3, 0.4) is 0 Å². The summed E-state index contributed by atoms with van der Waals surface area (Å²) in [6.07, 6.45) is 1.02. The monoisotopic (exact) mass is 282 g/mol. The van der Waals surface area contributed by atoms with Crippen molar-refractivity contribution in [1.29, 1.82) is 0 Å². The summed E-state index contributed by atoms with van der Waals surface area (Å²) in [5.41, 5.74) is 0.934. The van der Waals surface area contributed by atoms with Gasteiger partial charge in [0.2, 0.25) is 0 Å². The minimum absolute atomic E-state index is 0.0164. The predicted octanol–water partition coefficient (Wildman–Crippen LogP) is 1.63. The van der Waals surface area contributed by atoms with Crippen LogP contribution in [0.1, 0.15) is 11.1 Å². The van der Waals surface area contributed by atoms with E-state index in [-0.39, 0.29) is 9.79 Å². The van der Waals surface area contributed by atoms with Gasteiger partial charge in [0.15, 0.2) is 9.84 Å². The highest BCUT2D eigenvalue weighted by molar-refractivity contribution is 8.13. The van der Waals surface area contributed by atoms with E-state index >= 15 is 0 Å². The maximum absolute atomic E-state index is 11.4. The second-order valence-electron chi connectivity index (χ2n) is 3.59. The molecule has 0 saturated heterocycles. The van der Waals surface area contributed by atoms with Crippen LogP contribution in [0.25, 0.3) is 0 Å². The van der Waals surface area contributed by atoms with Crippen molar-refractivity contribution in [3.05, 3.63) is 23.3 Å². The third-order valence-corrected chi connectivity index (χ3v) is 4.84. The Morgan fingerprint density at radius 3 is 1.75 bits per heavy atom. The van der Waals surface area contributed by atoms with Gasteiger partial charge in [-0.1, -0.05) is 6.07 Å². The van der Waals surface area contributed by atoms with Crippen LogP contribution in [0, 0.1) is 13.8 Å². The Labute approximate surface area is 99.6 Å². The van der Waals surface area contributed by atoms with Crippen molar-refractivity contribution in [2.45, 2.75) is 23.6 Å². The zero-order valence-corrected chi connectivity index (χ0v) is 11.4. The van der Waals surface area contributed by atoms with Crippen molar-refractivity contribution in [2.75, 3.05) is 6.26 Å². The van der Waals surface area contributed by atoms with Crippen molar-refractivity contribution in [3.8, 4) is 0 Å². The lowest BCUT2D eigenvalue weighted by Crippen LogP contribution is -2.04. The third kappa shape index (κ3) is 2.75. The number of sulfone groups is 1. The summed E-state index contributed by atoms with van der Waals surface area (Å²) < 4.78 is 45.2. The van der Waals surface area contributed by atoms with E-state index in [0.29, 0.717) is 11.1 Å². The van der Waals surface area contributed by atoms with E-state index in [4.69, 9.17) is 10.7 Å². The summed E-state index contributed by atoms with van der Waals surface area (Å²) in [6.45, 7) is 3.17. The minimum Gasteiger partial charge on any atom is -0.224 e. The smallest absolute Gasteiger partial charge is 0.224 e. The Kier molecular flexibility index (Phi) is 3.38. The van der Waals surface area contributed by atoms with Crippen LogP contribution in [-0.4, -0.2) is 23.1 Å². The van der Waals surface area contributed by atoms with E-state index in [2.05, 4.69) is 0 Å². The number of benzene rings is 1. The average Bonchev–Trinajstić information content (AvgIpc) is 1.97. The molecule has 0 radical (unpaired) electrons. The molecule has 0 unspecified atom stereocenters. The van der Waals surface area contributed by atoms with Crippen LogP contribution in [0.15, 0.2) is 21.9 Å². The molecule has 4 nitrogen and oxygen atoms in total. The second kappa shape index (κ2) is 4.01. The second-order valence-corrected chi connectivity index (χ2v) is 8.11. The quantitative estimate of drug-likeness (QED) is 0.773. The normalized spacial score (nSPS) is 12.8. The van der Waals surface area contributed by atoms with Gasteiger partial charge in [0.25, 0.3) is 9.05 Å². The van der Waals surface area contributed by atoms with Gasteiger partial charge in [-0.05, 0) is 31.0 Å². The summed E-state index contributed by atoms with van der Waals surface area (Å²) in [5, 5.41) is 0. The number of hydrogen-bond acceptors (Lipinski definition) is 4. The van der Waals surface area contributed by atoms with Crippen LogP contribution in [0.4, 0.5) is 0 Å². The van der Waals surface area contributed by atoms with Gasteiger partial charge < -0.3 is 0 Å². The minimum atomic E-state index is -3.93. The van der Waals surface area contributed by atoms with Gasteiger partial charge in [0, 0.05) is 16.9 Å². The largest absolute Gasteiger partial charge is 0.261 e. The molecule has 0 aliphatic carbocycles. The zero-order valence-electron chi connectivity index (χ0n) is 8.98. The van der Waals surface area contributed by atoms with Gasteiger partial charge >= 0.3 is 0 Å². The molecule has 0 bridgehead atoms. The standard InChI is InChI=1S/C9H11ClO4S2/c1-6-4-7(2)9(16(10,13)14)5-8(6)15(3,11)12/h4-5H,1-3H3. The highest BCUT2D eigenvalue weighted by atomic mass is 35.7. The highest BCUT2D eigenvalue weighted by Gasteiger charge is 2.19. The molecule has 0 aliphatic heterocycles. The number of hydrogen-bond donors (Lipinski definition) is 0. The number of aryl methyl sites for hydroxylation is 2. The van der Waals surface area contributed by atoms with Crippen molar-refractivity contribution in [1.82, 2.24) is 0 Å². The fourth-order valence-corrected chi connectivity index (χ4v) is 3.73. The molecule has 0 atom stereocenters. The zero-order chi connectivity index (χ0) is 12.7. The molecular formula is C9H11ClO4S2. The molecule has 1 aromatic carbocycles.